The zero-order valence-electron chi connectivity index (χ0n) is 19.7. The Bertz CT molecular complexity index is 1430. The maximum atomic E-state index is 12.8. The summed E-state index contributed by atoms with van der Waals surface area (Å²) in [5.74, 6) is 0.523. The number of benzene rings is 2. The highest BCUT2D eigenvalue weighted by Crippen LogP contribution is 2.24. The minimum Gasteiger partial charge on any atom is -0.348 e. The second-order valence-electron chi connectivity index (χ2n) is 8.48. The Morgan fingerprint density at radius 3 is 2.49 bits per heavy atom. The molecule has 0 spiro atoms. The topological polar surface area (TPSA) is 77.6 Å². The van der Waals surface area contributed by atoms with Gasteiger partial charge in [-0.1, -0.05) is 48.5 Å². The molecule has 0 aliphatic carbocycles. The Morgan fingerprint density at radius 1 is 0.971 bits per heavy atom. The second-order valence-corrected chi connectivity index (χ2v) is 8.48. The predicted octanol–water partition coefficient (Wildman–Crippen LogP) is 4.73. The Hall–Kier alpha value is -4.52. The molecule has 3 aromatic heterocycles. The molecule has 0 radical (unpaired) electrons. The number of aromatic nitrogens is 5. The lowest BCUT2D eigenvalue weighted by Crippen LogP contribution is -2.23. The third-order valence-electron chi connectivity index (χ3n) is 5.86. The van der Waals surface area contributed by atoms with E-state index in [0.29, 0.717) is 17.9 Å². The largest absolute Gasteiger partial charge is 0.348 e. The lowest BCUT2D eigenvalue weighted by Gasteiger charge is -2.12. The molecule has 0 saturated carbocycles. The van der Waals surface area contributed by atoms with E-state index in [0.717, 1.165) is 34.6 Å². The van der Waals surface area contributed by atoms with Crippen molar-refractivity contribution < 1.29 is 4.79 Å². The summed E-state index contributed by atoms with van der Waals surface area (Å²) in [5.41, 5.74) is 6.87. The first-order valence-corrected chi connectivity index (χ1v) is 11.5. The molecule has 0 fully saturated rings. The van der Waals surface area contributed by atoms with Gasteiger partial charge in [0.1, 0.15) is 0 Å². The predicted molar refractivity (Wildman–Crippen MR) is 135 cm³/mol. The van der Waals surface area contributed by atoms with Gasteiger partial charge in [-0.05, 0) is 60.4 Å². The van der Waals surface area contributed by atoms with Crippen LogP contribution in [-0.4, -0.2) is 30.5 Å². The van der Waals surface area contributed by atoms with Crippen molar-refractivity contribution in [1.82, 2.24) is 29.9 Å². The molecule has 1 amide bonds. The summed E-state index contributed by atoms with van der Waals surface area (Å²) < 4.78 is 3.67. The molecule has 1 N–H and O–H groups in total. The van der Waals surface area contributed by atoms with Crippen molar-refractivity contribution in [3.05, 3.63) is 119 Å². The van der Waals surface area contributed by atoms with Crippen LogP contribution in [-0.2, 0) is 13.1 Å². The van der Waals surface area contributed by atoms with Crippen LogP contribution in [0.2, 0.25) is 0 Å². The summed E-state index contributed by atoms with van der Waals surface area (Å²) in [6.07, 6.45) is 5.32. The maximum absolute atomic E-state index is 12.8. The minimum atomic E-state index is -0.165. The molecule has 174 valence electrons. The fourth-order valence-corrected chi connectivity index (χ4v) is 4.11. The Balaban J connectivity index is 1.26. The number of nitrogens with zero attached hydrogens (tertiary/aromatic N) is 5. The summed E-state index contributed by atoms with van der Waals surface area (Å²) in [6.45, 7) is 5.08. The van der Waals surface area contributed by atoms with Gasteiger partial charge in [-0.3, -0.25) is 9.48 Å². The molecule has 3 heterocycles. The third-order valence-corrected chi connectivity index (χ3v) is 5.86. The normalized spacial score (nSPS) is 10.9. The van der Waals surface area contributed by atoms with Gasteiger partial charge in [-0.2, -0.15) is 10.2 Å². The molecule has 0 atom stereocenters. The number of nitrogens with one attached hydrogen (secondary N) is 1. The number of amides is 1. The van der Waals surface area contributed by atoms with Gasteiger partial charge in [0, 0.05) is 30.8 Å². The summed E-state index contributed by atoms with van der Waals surface area (Å²) >= 11 is 0. The van der Waals surface area contributed by atoms with Crippen molar-refractivity contribution in [2.45, 2.75) is 26.9 Å². The van der Waals surface area contributed by atoms with E-state index in [-0.39, 0.29) is 5.91 Å². The highest BCUT2D eigenvalue weighted by Gasteiger charge is 2.11. The van der Waals surface area contributed by atoms with Crippen LogP contribution in [0.1, 0.15) is 32.9 Å². The van der Waals surface area contributed by atoms with E-state index in [4.69, 9.17) is 0 Å². The number of hydrogen-bond donors (Lipinski definition) is 1. The van der Waals surface area contributed by atoms with Crippen LogP contribution < -0.4 is 5.32 Å². The number of pyridine rings is 1. The molecule has 0 unspecified atom stereocenters. The average molecular weight is 463 g/mol. The molecule has 7 heteroatoms. The van der Waals surface area contributed by atoms with E-state index in [1.807, 2.05) is 61.1 Å². The van der Waals surface area contributed by atoms with Crippen LogP contribution >= 0.6 is 0 Å². The molecule has 0 aliphatic rings. The monoisotopic (exact) mass is 462 g/mol. The van der Waals surface area contributed by atoms with E-state index in [1.54, 1.807) is 23.1 Å². The number of carbonyl (C=O) groups is 1. The van der Waals surface area contributed by atoms with E-state index in [2.05, 4.69) is 50.8 Å². The molecule has 5 rings (SSSR count). The maximum Gasteiger partial charge on any atom is 0.253 e. The van der Waals surface area contributed by atoms with Gasteiger partial charge in [0.05, 0.1) is 17.8 Å². The fraction of sp³-hybridized carbons (Fsp3) is 0.143. The van der Waals surface area contributed by atoms with Gasteiger partial charge in [-0.15, -0.1) is 0 Å². The van der Waals surface area contributed by atoms with Gasteiger partial charge in [-0.25, -0.2) is 9.67 Å². The SMILES string of the molecule is Cc1cc(C)n(-c2ccc(C(=O)NCc3ccccc3-c3ccc(Cn4cccn4)cc3)cn2)n1. The molecule has 0 bridgehead atoms. The Labute approximate surface area is 204 Å². The number of rotatable bonds is 7. The first kappa shape index (κ1) is 22.3. The quantitative estimate of drug-likeness (QED) is 0.379. The van der Waals surface area contributed by atoms with Gasteiger partial charge in [0.15, 0.2) is 5.82 Å². The molecule has 0 aliphatic heterocycles. The van der Waals surface area contributed by atoms with Gasteiger partial charge < -0.3 is 5.32 Å². The van der Waals surface area contributed by atoms with Crippen molar-refractivity contribution in [3.8, 4) is 16.9 Å². The fourth-order valence-electron chi connectivity index (χ4n) is 4.11. The smallest absolute Gasteiger partial charge is 0.253 e. The van der Waals surface area contributed by atoms with Gasteiger partial charge in [0.2, 0.25) is 0 Å². The van der Waals surface area contributed by atoms with Crippen LogP contribution in [0, 0.1) is 13.8 Å². The molecule has 7 nitrogen and oxygen atoms in total. The van der Waals surface area contributed by atoms with Crippen LogP contribution in [0.5, 0.6) is 0 Å². The van der Waals surface area contributed by atoms with E-state index in [1.165, 1.54) is 5.56 Å². The first-order chi connectivity index (χ1) is 17.1. The molecular formula is C28H26N6O. The molecule has 5 aromatic rings. The standard InChI is InChI=1S/C28H26N6O/c1-20-16-21(2)34(32-20)27-13-12-25(18-29-27)28(35)30-17-24-6-3-4-7-26(24)23-10-8-22(9-11-23)19-33-15-5-14-31-33/h3-16,18H,17,19H2,1-2H3,(H,30,35). The Morgan fingerprint density at radius 2 is 1.80 bits per heavy atom. The number of aryl methyl sites for hydroxylation is 2. The van der Waals surface area contributed by atoms with Crippen molar-refractivity contribution >= 4 is 5.91 Å². The minimum absolute atomic E-state index is 0.165. The highest BCUT2D eigenvalue weighted by atomic mass is 16.1. The number of hydrogen-bond acceptors (Lipinski definition) is 4. The van der Waals surface area contributed by atoms with E-state index < -0.39 is 0 Å². The molecule has 0 saturated heterocycles. The van der Waals surface area contributed by atoms with Crippen molar-refractivity contribution in [3.63, 3.8) is 0 Å². The van der Waals surface area contributed by atoms with Crippen LogP contribution in [0.3, 0.4) is 0 Å². The van der Waals surface area contributed by atoms with Crippen molar-refractivity contribution in [2.75, 3.05) is 0 Å². The highest BCUT2D eigenvalue weighted by molar-refractivity contribution is 5.94. The van der Waals surface area contributed by atoms with Gasteiger partial charge >= 0.3 is 0 Å². The summed E-state index contributed by atoms with van der Waals surface area (Å²) in [7, 11) is 0. The lowest BCUT2D eigenvalue weighted by molar-refractivity contribution is 0.0950. The number of carbonyl (C=O) groups excluding carboxylic acids is 1. The van der Waals surface area contributed by atoms with Crippen LogP contribution in [0.25, 0.3) is 16.9 Å². The van der Waals surface area contributed by atoms with E-state index >= 15 is 0 Å². The molecule has 35 heavy (non-hydrogen) atoms. The average Bonchev–Trinajstić information content (AvgIpc) is 3.52. The summed E-state index contributed by atoms with van der Waals surface area (Å²) in [4.78, 5) is 17.2. The zero-order chi connectivity index (χ0) is 24.2. The van der Waals surface area contributed by atoms with Crippen LogP contribution in [0.15, 0.2) is 91.4 Å². The van der Waals surface area contributed by atoms with Crippen molar-refractivity contribution in [2.24, 2.45) is 0 Å². The molecule has 2 aromatic carbocycles. The molecular weight excluding hydrogens is 436 g/mol. The summed E-state index contributed by atoms with van der Waals surface area (Å²) in [6, 6.07) is 24.1. The zero-order valence-corrected chi connectivity index (χ0v) is 19.7. The summed E-state index contributed by atoms with van der Waals surface area (Å²) in [5, 5.41) is 11.7. The van der Waals surface area contributed by atoms with Crippen molar-refractivity contribution in [1.29, 1.82) is 0 Å². The first-order valence-electron chi connectivity index (χ1n) is 11.5. The Kier molecular flexibility index (Phi) is 6.22. The second kappa shape index (κ2) is 9.77. The third kappa shape index (κ3) is 5.04. The van der Waals surface area contributed by atoms with Gasteiger partial charge in [0.25, 0.3) is 5.91 Å². The lowest BCUT2D eigenvalue weighted by atomic mass is 9.98. The van der Waals surface area contributed by atoms with E-state index in [9.17, 15) is 4.79 Å². The van der Waals surface area contributed by atoms with Crippen LogP contribution in [0.4, 0.5) is 0 Å².